The van der Waals surface area contributed by atoms with Crippen LogP contribution in [-0.2, 0) is 4.79 Å². The van der Waals surface area contributed by atoms with Crippen molar-refractivity contribution in [2.45, 2.75) is 6.92 Å². The molecular formula is C15H10Cl2O3. The Balaban J connectivity index is 2.48. The van der Waals surface area contributed by atoms with Crippen LogP contribution in [0.5, 0.6) is 5.75 Å². The van der Waals surface area contributed by atoms with Crippen LogP contribution in [0, 0.1) is 0 Å². The normalized spacial score (nSPS) is 10.2. The molecule has 2 aromatic carbocycles. The number of carbonyl (C=O) groups is 2. The first-order chi connectivity index (χ1) is 9.49. The highest BCUT2D eigenvalue weighted by atomic mass is 35.5. The van der Waals surface area contributed by atoms with Gasteiger partial charge in [0.05, 0.1) is 10.6 Å². The van der Waals surface area contributed by atoms with Gasteiger partial charge in [0.2, 0.25) is 0 Å². The molecule has 2 aromatic rings. The lowest BCUT2D eigenvalue weighted by molar-refractivity contribution is -0.131. The quantitative estimate of drug-likeness (QED) is 0.486. The molecule has 3 nitrogen and oxygen atoms in total. The third kappa shape index (κ3) is 3.18. The van der Waals surface area contributed by atoms with Crippen molar-refractivity contribution in [3.05, 3.63) is 63.6 Å². The number of para-hydroxylation sites is 1. The van der Waals surface area contributed by atoms with E-state index in [2.05, 4.69) is 0 Å². The minimum Gasteiger partial charge on any atom is -0.426 e. The minimum atomic E-state index is -0.498. The molecule has 0 aliphatic carbocycles. The summed E-state index contributed by atoms with van der Waals surface area (Å²) in [5.41, 5.74) is 0.519. The van der Waals surface area contributed by atoms with Gasteiger partial charge in [-0.3, -0.25) is 9.59 Å². The second kappa shape index (κ2) is 6.07. The first-order valence-corrected chi connectivity index (χ1v) is 6.52. The highest BCUT2D eigenvalue weighted by molar-refractivity contribution is 6.36. The fourth-order valence-corrected chi connectivity index (χ4v) is 2.09. The van der Waals surface area contributed by atoms with Crippen molar-refractivity contribution in [1.82, 2.24) is 0 Å². The number of benzene rings is 2. The zero-order valence-electron chi connectivity index (χ0n) is 10.5. The maximum absolute atomic E-state index is 12.5. The number of hydrogen-bond acceptors (Lipinski definition) is 3. The van der Waals surface area contributed by atoms with Gasteiger partial charge in [-0.05, 0) is 30.3 Å². The summed E-state index contributed by atoms with van der Waals surface area (Å²) in [6.07, 6.45) is 0. The van der Waals surface area contributed by atoms with Crippen molar-refractivity contribution >= 4 is 35.0 Å². The molecule has 0 unspecified atom stereocenters. The van der Waals surface area contributed by atoms with Crippen LogP contribution >= 0.6 is 23.2 Å². The molecule has 5 heteroatoms. The third-order valence-electron chi connectivity index (χ3n) is 2.56. The summed E-state index contributed by atoms with van der Waals surface area (Å²) < 4.78 is 5.02. The van der Waals surface area contributed by atoms with Gasteiger partial charge >= 0.3 is 5.97 Å². The topological polar surface area (TPSA) is 43.4 Å². The Hall–Kier alpha value is -1.84. The summed E-state index contributed by atoms with van der Waals surface area (Å²) in [5, 5.41) is 0.694. The van der Waals surface area contributed by atoms with Gasteiger partial charge in [-0.2, -0.15) is 0 Å². The largest absolute Gasteiger partial charge is 0.426 e. The van der Waals surface area contributed by atoms with Crippen LogP contribution in [-0.4, -0.2) is 11.8 Å². The third-order valence-corrected chi connectivity index (χ3v) is 3.12. The van der Waals surface area contributed by atoms with Gasteiger partial charge in [0, 0.05) is 17.5 Å². The van der Waals surface area contributed by atoms with Crippen LogP contribution in [0.2, 0.25) is 10.0 Å². The Labute approximate surface area is 126 Å². The summed E-state index contributed by atoms with van der Waals surface area (Å²) in [6, 6.07) is 11.1. The van der Waals surface area contributed by atoms with Crippen molar-refractivity contribution in [2.24, 2.45) is 0 Å². The van der Waals surface area contributed by atoms with E-state index in [0.717, 1.165) is 0 Å². The fraction of sp³-hybridized carbons (Fsp3) is 0.0667. The molecule has 0 atom stereocenters. The van der Waals surface area contributed by atoms with Crippen LogP contribution in [0.1, 0.15) is 22.8 Å². The summed E-state index contributed by atoms with van der Waals surface area (Å²) in [6.45, 7) is 1.27. The molecule has 0 aromatic heterocycles. The predicted molar refractivity (Wildman–Crippen MR) is 77.6 cm³/mol. The Morgan fingerprint density at radius 3 is 2.40 bits per heavy atom. The highest BCUT2D eigenvalue weighted by Crippen LogP contribution is 2.27. The van der Waals surface area contributed by atoms with Crippen LogP contribution in [0.4, 0.5) is 0 Å². The van der Waals surface area contributed by atoms with Gasteiger partial charge in [-0.1, -0.05) is 35.3 Å². The molecule has 0 aliphatic heterocycles. The lowest BCUT2D eigenvalue weighted by Crippen LogP contribution is -2.09. The molecule has 0 fully saturated rings. The van der Waals surface area contributed by atoms with Gasteiger partial charge in [0.1, 0.15) is 5.75 Å². The van der Waals surface area contributed by atoms with E-state index in [1.807, 2.05) is 0 Å². The Kier molecular flexibility index (Phi) is 4.42. The molecule has 20 heavy (non-hydrogen) atoms. The fourth-order valence-electron chi connectivity index (χ4n) is 1.71. The Morgan fingerprint density at radius 1 is 1.00 bits per heavy atom. The van der Waals surface area contributed by atoms with E-state index in [1.165, 1.54) is 13.0 Å². The van der Waals surface area contributed by atoms with E-state index in [0.29, 0.717) is 5.02 Å². The summed E-state index contributed by atoms with van der Waals surface area (Å²) in [7, 11) is 0. The van der Waals surface area contributed by atoms with Gasteiger partial charge in [-0.25, -0.2) is 0 Å². The van der Waals surface area contributed by atoms with Crippen LogP contribution in [0.25, 0.3) is 0 Å². The van der Waals surface area contributed by atoms with Crippen molar-refractivity contribution < 1.29 is 14.3 Å². The molecule has 0 spiro atoms. The highest BCUT2D eigenvalue weighted by Gasteiger charge is 2.18. The molecule has 0 amide bonds. The second-order valence-electron chi connectivity index (χ2n) is 4.04. The molecule has 0 saturated heterocycles. The van der Waals surface area contributed by atoms with Crippen molar-refractivity contribution in [2.75, 3.05) is 0 Å². The average Bonchev–Trinajstić information content (AvgIpc) is 2.41. The monoisotopic (exact) mass is 308 g/mol. The van der Waals surface area contributed by atoms with Crippen LogP contribution in [0.3, 0.4) is 0 Å². The number of hydrogen-bond donors (Lipinski definition) is 0. The van der Waals surface area contributed by atoms with E-state index in [-0.39, 0.29) is 27.7 Å². The molecule has 102 valence electrons. The van der Waals surface area contributed by atoms with Crippen molar-refractivity contribution in [3.63, 3.8) is 0 Å². The standard InChI is InChI=1S/C15H10Cl2O3/c1-9(18)20-14-5-3-2-4-11(14)15(19)12-8-10(16)6-7-13(12)17/h2-8H,1H3. The van der Waals surface area contributed by atoms with Gasteiger partial charge in [0.25, 0.3) is 0 Å². The lowest BCUT2D eigenvalue weighted by Gasteiger charge is -2.09. The zero-order valence-corrected chi connectivity index (χ0v) is 12.0. The summed E-state index contributed by atoms with van der Waals surface area (Å²) in [4.78, 5) is 23.6. The van der Waals surface area contributed by atoms with Crippen molar-refractivity contribution in [3.8, 4) is 5.75 Å². The minimum absolute atomic E-state index is 0.195. The van der Waals surface area contributed by atoms with E-state index < -0.39 is 5.97 Å². The molecule has 0 N–H and O–H groups in total. The molecule has 0 bridgehead atoms. The molecular weight excluding hydrogens is 299 g/mol. The maximum Gasteiger partial charge on any atom is 0.308 e. The lowest BCUT2D eigenvalue weighted by atomic mass is 10.0. The Bertz CT molecular complexity index is 681. The van der Waals surface area contributed by atoms with Crippen molar-refractivity contribution in [1.29, 1.82) is 0 Å². The number of esters is 1. The molecule has 2 rings (SSSR count). The number of halogens is 2. The van der Waals surface area contributed by atoms with Crippen LogP contribution in [0.15, 0.2) is 42.5 Å². The predicted octanol–water partition coefficient (Wildman–Crippen LogP) is 4.15. The molecule has 0 aliphatic rings. The van der Waals surface area contributed by atoms with Gasteiger partial charge in [0.15, 0.2) is 5.78 Å². The Morgan fingerprint density at radius 2 is 1.70 bits per heavy atom. The van der Waals surface area contributed by atoms with E-state index >= 15 is 0 Å². The maximum atomic E-state index is 12.5. The van der Waals surface area contributed by atoms with Gasteiger partial charge < -0.3 is 4.74 Å². The smallest absolute Gasteiger partial charge is 0.308 e. The SMILES string of the molecule is CC(=O)Oc1ccccc1C(=O)c1cc(Cl)ccc1Cl. The number of ketones is 1. The van der Waals surface area contributed by atoms with Crippen LogP contribution < -0.4 is 4.74 Å². The first kappa shape index (κ1) is 14.6. The van der Waals surface area contributed by atoms with E-state index in [9.17, 15) is 9.59 Å². The molecule has 0 radical (unpaired) electrons. The number of ether oxygens (including phenoxy) is 1. The average molecular weight is 309 g/mol. The number of carbonyl (C=O) groups excluding carboxylic acids is 2. The summed E-state index contributed by atoms with van der Waals surface area (Å²) in [5.74, 6) is -0.655. The van der Waals surface area contributed by atoms with Gasteiger partial charge in [-0.15, -0.1) is 0 Å². The van der Waals surface area contributed by atoms with E-state index in [1.54, 1.807) is 36.4 Å². The van der Waals surface area contributed by atoms with E-state index in [4.69, 9.17) is 27.9 Å². The number of rotatable bonds is 3. The second-order valence-corrected chi connectivity index (χ2v) is 4.89. The summed E-state index contributed by atoms with van der Waals surface area (Å²) >= 11 is 11.9. The zero-order chi connectivity index (χ0) is 14.7. The first-order valence-electron chi connectivity index (χ1n) is 5.76. The molecule has 0 saturated carbocycles. The molecule has 0 heterocycles.